The van der Waals surface area contributed by atoms with E-state index in [1.807, 2.05) is 0 Å². The van der Waals surface area contributed by atoms with E-state index in [0.29, 0.717) is 10.6 Å². The first-order valence-electron chi connectivity index (χ1n) is 12.0. The van der Waals surface area contributed by atoms with Crippen molar-refractivity contribution < 1.29 is 42.8 Å². The molecule has 0 saturated carbocycles. The standard InChI is InChI=1S/C25H24ClF3N4O6/c26-14-3-1-12(2-4-14)7-20(35)30-19-5-6-38-25(19)24(37)22(23(36)18(11-34)39-25)33-10-17(31-32-33)13-8-15(27)21(29)16(28)9-13/h1-4,8-10,18-19,22-24,34,36-37H,5-7,11H2,(H,30,35)/t18-,19-,22+,23+,24-,25+/m1/s1. The highest BCUT2D eigenvalue weighted by Crippen LogP contribution is 2.43. The van der Waals surface area contributed by atoms with Crippen LogP contribution in [-0.4, -0.2) is 79.6 Å². The number of ether oxygens (including phenoxy) is 2. The molecule has 1 spiro atoms. The number of hydrogen-bond acceptors (Lipinski definition) is 8. The number of hydrogen-bond donors (Lipinski definition) is 4. The number of halogens is 4. The van der Waals surface area contributed by atoms with Gasteiger partial charge in [-0.05, 0) is 36.2 Å². The van der Waals surface area contributed by atoms with E-state index < -0.39 is 66.1 Å². The van der Waals surface area contributed by atoms with Crippen molar-refractivity contribution in [3.63, 3.8) is 0 Å². The van der Waals surface area contributed by atoms with Gasteiger partial charge in [-0.3, -0.25) is 4.79 Å². The van der Waals surface area contributed by atoms with Gasteiger partial charge < -0.3 is 30.1 Å². The Balaban J connectivity index is 1.42. The summed E-state index contributed by atoms with van der Waals surface area (Å²) in [6.07, 6.45) is -2.98. The number of aliphatic hydroxyl groups excluding tert-OH is 3. The summed E-state index contributed by atoms with van der Waals surface area (Å²) >= 11 is 5.90. The van der Waals surface area contributed by atoms with Crippen LogP contribution in [0.2, 0.25) is 5.02 Å². The predicted octanol–water partition coefficient (Wildman–Crippen LogP) is 1.51. The summed E-state index contributed by atoms with van der Waals surface area (Å²) in [6, 6.07) is 5.96. The van der Waals surface area contributed by atoms with Crippen molar-refractivity contribution in [3.05, 3.63) is 70.6 Å². The molecule has 3 aromatic rings. The van der Waals surface area contributed by atoms with E-state index in [1.54, 1.807) is 24.3 Å². The molecule has 2 aliphatic rings. The summed E-state index contributed by atoms with van der Waals surface area (Å²) in [6.45, 7) is -0.586. The Hall–Kier alpha value is -3.07. The molecule has 5 rings (SSSR count). The summed E-state index contributed by atoms with van der Waals surface area (Å²) in [5.74, 6) is -6.76. The van der Waals surface area contributed by atoms with Gasteiger partial charge in [0.15, 0.2) is 17.5 Å². The van der Waals surface area contributed by atoms with E-state index in [2.05, 4.69) is 15.6 Å². The third-order valence-corrected chi connectivity index (χ3v) is 7.16. The van der Waals surface area contributed by atoms with Crippen molar-refractivity contribution in [3.8, 4) is 11.3 Å². The van der Waals surface area contributed by atoms with Crippen LogP contribution < -0.4 is 5.32 Å². The first-order chi connectivity index (χ1) is 18.6. The van der Waals surface area contributed by atoms with Gasteiger partial charge in [0.1, 0.15) is 30.0 Å². The van der Waals surface area contributed by atoms with E-state index in [1.165, 1.54) is 6.20 Å². The largest absolute Gasteiger partial charge is 0.394 e. The number of aliphatic hydroxyl groups is 3. The summed E-state index contributed by atoms with van der Waals surface area (Å²) < 4.78 is 53.6. The minimum absolute atomic E-state index is 0.00650. The number of rotatable bonds is 6. The zero-order valence-corrected chi connectivity index (χ0v) is 20.9. The topological polar surface area (TPSA) is 139 Å². The molecule has 14 heteroatoms. The van der Waals surface area contributed by atoms with E-state index in [-0.39, 0.29) is 30.7 Å². The van der Waals surface area contributed by atoms with Gasteiger partial charge in [0.05, 0.1) is 31.9 Å². The minimum atomic E-state index is -1.87. The van der Waals surface area contributed by atoms with Gasteiger partial charge in [-0.15, -0.1) is 5.10 Å². The fourth-order valence-corrected chi connectivity index (χ4v) is 5.10. The smallest absolute Gasteiger partial charge is 0.224 e. The molecule has 0 unspecified atom stereocenters. The highest BCUT2D eigenvalue weighted by atomic mass is 35.5. The molecule has 1 amide bonds. The molecule has 2 fully saturated rings. The summed E-state index contributed by atoms with van der Waals surface area (Å²) in [7, 11) is 0. The van der Waals surface area contributed by atoms with Gasteiger partial charge in [0, 0.05) is 10.6 Å². The van der Waals surface area contributed by atoms with Crippen LogP contribution >= 0.6 is 11.6 Å². The van der Waals surface area contributed by atoms with E-state index in [0.717, 1.165) is 16.8 Å². The van der Waals surface area contributed by atoms with E-state index in [4.69, 9.17) is 21.1 Å². The highest BCUT2D eigenvalue weighted by molar-refractivity contribution is 6.30. The predicted molar refractivity (Wildman–Crippen MR) is 129 cm³/mol. The average molecular weight is 569 g/mol. The van der Waals surface area contributed by atoms with Crippen LogP contribution in [0.5, 0.6) is 0 Å². The van der Waals surface area contributed by atoms with Gasteiger partial charge in [0.25, 0.3) is 0 Å². The molecular weight excluding hydrogens is 545 g/mol. The van der Waals surface area contributed by atoms with Crippen molar-refractivity contribution in [1.29, 1.82) is 0 Å². The monoisotopic (exact) mass is 568 g/mol. The van der Waals surface area contributed by atoms with Crippen LogP contribution in [0.1, 0.15) is 18.0 Å². The Morgan fingerprint density at radius 1 is 1.18 bits per heavy atom. The molecular formula is C25H24ClF3N4O6. The van der Waals surface area contributed by atoms with Gasteiger partial charge >= 0.3 is 0 Å². The quantitative estimate of drug-likeness (QED) is 0.328. The van der Waals surface area contributed by atoms with E-state index >= 15 is 0 Å². The molecule has 6 atom stereocenters. The fourth-order valence-electron chi connectivity index (χ4n) is 4.98. The molecule has 0 aliphatic carbocycles. The lowest BCUT2D eigenvalue weighted by Gasteiger charge is -2.49. The number of nitrogens with zero attached hydrogens (tertiary/aromatic N) is 3. The first-order valence-corrected chi connectivity index (χ1v) is 12.4. The molecule has 0 bridgehead atoms. The number of amides is 1. The Bertz CT molecular complexity index is 1340. The van der Waals surface area contributed by atoms with Gasteiger partial charge in [-0.2, -0.15) is 0 Å². The van der Waals surface area contributed by atoms with Crippen LogP contribution in [0, 0.1) is 17.5 Å². The molecule has 0 radical (unpaired) electrons. The number of benzene rings is 2. The third kappa shape index (κ3) is 5.13. The number of aromatic nitrogens is 3. The molecule has 1 aromatic heterocycles. The van der Waals surface area contributed by atoms with Gasteiger partial charge in [-0.1, -0.05) is 28.9 Å². The summed E-state index contributed by atoms with van der Waals surface area (Å²) in [4.78, 5) is 12.8. The van der Waals surface area contributed by atoms with Crippen molar-refractivity contribution in [2.24, 2.45) is 0 Å². The SMILES string of the molecule is O=C(Cc1ccc(Cl)cc1)N[C@@H]1CCO[C@]12O[C@H](CO)[C@H](O)[C@H](n1cc(-c3cc(F)c(F)c(F)c3)nn1)[C@H]2O. The second kappa shape index (κ2) is 10.8. The zero-order chi connectivity index (χ0) is 27.9. The Morgan fingerprint density at radius 3 is 2.54 bits per heavy atom. The molecule has 2 aliphatic heterocycles. The maximum absolute atomic E-state index is 13.8. The Morgan fingerprint density at radius 2 is 1.87 bits per heavy atom. The van der Waals surface area contributed by atoms with Crippen LogP contribution in [0.25, 0.3) is 11.3 Å². The third-order valence-electron chi connectivity index (χ3n) is 6.91. The lowest BCUT2D eigenvalue weighted by molar-refractivity contribution is -0.345. The Kier molecular flexibility index (Phi) is 7.64. The lowest BCUT2D eigenvalue weighted by atomic mass is 9.86. The Labute approximate surface area is 224 Å². The molecule has 4 N–H and O–H groups in total. The highest BCUT2D eigenvalue weighted by Gasteiger charge is 2.62. The van der Waals surface area contributed by atoms with Crippen LogP contribution in [0.3, 0.4) is 0 Å². The maximum atomic E-state index is 13.8. The molecule has 2 saturated heterocycles. The second-order valence-electron chi connectivity index (χ2n) is 9.38. The zero-order valence-electron chi connectivity index (χ0n) is 20.2. The van der Waals surface area contributed by atoms with Crippen molar-refractivity contribution >= 4 is 17.5 Å². The normalized spacial score (nSPS) is 28.6. The van der Waals surface area contributed by atoms with Crippen molar-refractivity contribution in [2.45, 2.75) is 49.0 Å². The first kappa shape index (κ1) is 27.5. The summed E-state index contributed by atoms with van der Waals surface area (Å²) in [5, 5.41) is 43.4. The van der Waals surface area contributed by atoms with Crippen LogP contribution in [0.15, 0.2) is 42.6 Å². The maximum Gasteiger partial charge on any atom is 0.224 e. The van der Waals surface area contributed by atoms with Crippen LogP contribution in [-0.2, 0) is 20.7 Å². The van der Waals surface area contributed by atoms with Crippen molar-refractivity contribution in [2.75, 3.05) is 13.2 Å². The molecule has 39 heavy (non-hydrogen) atoms. The number of carbonyl (C=O) groups is 1. The van der Waals surface area contributed by atoms with Crippen LogP contribution in [0.4, 0.5) is 13.2 Å². The summed E-state index contributed by atoms with van der Waals surface area (Å²) in [5.41, 5.74) is 0.486. The number of nitrogens with one attached hydrogen (secondary N) is 1. The lowest BCUT2D eigenvalue weighted by Crippen LogP contribution is -2.69. The molecule has 2 aromatic carbocycles. The number of carbonyl (C=O) groups excluding carboxylic acids is 1. The average Bonchev–Trinajstić information content (AvgIpc) is 3.54. The van der Waals surface area contributed by atoms with Gasteiger partial charge in [-0.25, -0.2) is 17.9 Å². The molecule has 10 nitrogen and oxygen atoms in total. The fraction of sp³-hybridized carbons (Fsp3) is 0.400. The minimum Gasteiger partial charge on any atom is -0.394 e. The molecule has 208 valence electrons. The van der Waals surface area contributed by atoms with Crippen molar-refractivity contribution in [1.82, 2.24) is 20.3 Å². The second-order valence-corrected chi connectivity index (χ2v) is 9.82. The van der Waals surface area contributed by atoms with E-state index in [9.17, 15) is 33.3 Å². The molecule has 3 heterocycles. The van der Waals surface area contributed by atoms with Gasteiger partial charge in [0.2, 0.25) is 11.7 Å².